The number of rotatable bonds is 13. The molecule has 0 aliphatic rings. The standard InChI is InChI=1S/C27H31NO6S/c1-3-33-26(29)27(20-22-10-9-18-28-21-22,17-7-8-19-34-24-11-5-4-6-12-24)35(30,31)25-15-13-23(32-2)14-16-25/h4-6,9-16,18,21H,3,7-8,17,19-20H2,1-2H3. The van der Waals surface area contributed by atoms with E-state index in [0.29, 0.717) is 30.8 Å². The fraction of sp³-hybridized carbons (Fsp3) is 0.333. The lowest BCUT2D eigenvalue weighted by atomic mass is 9.93. The lowest BCUT2D eigenvalue weighted by Crippen LogP contribution is -2.49. The summed E-state index contributed by atoms with van der Waals surface area (Å²) in [4.78, 5) is 17.6. The number of carbonyl (C=O) groups excluding carboxylic acids is 1. The van der Waals surface area contributed by atoms with Crippen molar-refractivity contribution in [2.45, 2.75) is 42.2 Å². The SMILES string of the molecule is CCOC(=O)C(CCCCOc1ccccc1)(Cc1cccnc1)S(=O)(=O)c1ccc(OC)cc1. The van der Waals surface area contributed by atoms with Crippen molar-refractivity contribution < 1.29 is 27.4 Å². The van der Waals surface area contributed by atoms with E-state index in [0.717, 1.165) is 5.75 Å². The summed E-state index contributed by atoms with van der Waals surface area (Å²) in [7, 11) is -2.64. The van der Waals surface area contributed by atoms with Crippen molar-refractivity contribution in [2.24, 2.45) is 0 Å². The number of sulfone groups is 1. The molecule has 0 spiro atoms. The molecular formula is C27H31NO6S. The predicted octanol–water partition coefficient (Wildman–Crippen LogP) is 4.66. The lowest BCUT2D eigenvalue weighted by Gasteiger charge is -2.31. The molecule has 1 aromatic heterocycles. The molecule has 1 heterocycles. The second kappa shape index (κ2) is 12.4. The molecule has 7 nitrogen and oxygen atoms in total. The molecule has 2 aromatic carbocycles. The summed E-state index contributed by atoms with van der Waals surface area (Å²) in [5.74, 6) is 0.505. The Morgan fingerprint density at radius 1 is 0.943 bits per heavy atom. The normalized spacial score (nSPS) is 13.0. The Bertz CT molecular complexity index is 1170. The molecule has 0 fully saturated rings. The molecule has 0 aliphatic heterocycles. The van der Waals surface area contributed by atoms with Crippen LogP contribution in [0.3, 0.4) is 0 Å². The van der Waals surface area contributed by atoms with Crippen molar-refractivity contribution in [1.82, 2.24) is 4.98 Å². The van der Waals surface area contributed by atoms with Gasteiger partial charge in [0.25, 0.3) is 0 Å². The molecule has 0 aliphatic carbocycles. The van der Waals surface area contributed by atoms with Crippen LogP contribution in [0.2, 0.25) is 0 Å². The van der Waals surface area contributed by atoms with Gasteiger partial charge < -0.3 is 14.2 Å². The first kappa shape index (κ1) is 26.2. The Kier molecular flexibility index (Phi) is 9.25. The van der Waals surface area contributed by atoms with Gasteiger partial charge in [-0.3, -0.25) is 9.78 Å². The summed E-state index contributed by atoms with van der Waals surface area (Å²) in [5.41, 5.74) is 0.637. The van der Waals surface area contributed by atoms with Crippen LogP contribution < -0.4 is 9.47 Å². The van der Waals surface area contributed by atoms with Gasteiger partial charge in [0.1, 0.15) is 11.5 Å². The molecular weight excluding hydrogens is 466 g/mol. The Labute approximate surface area is 207 Å². The predicted molar refractivity (Wildman–Crippen MR) is 133 cm³/mol. The van der Waals surface area contributed by atoms with E-state index < -0.39 is 20.6 Å². The molecule has 0 radical (unpaired) electrons. The van der Waals surface area contributed by atoms with E-state index in [1.165, 1.54) is 19.2 Å². The summed E-state index contributed by atoms with van der Waals surface area (Å²) in [5, 5.41) is 0. The Balaban J connectivity index is 1.92. The number of pyridine rings is 1. The molecule has 8 heteroatoms. The first-order chi connectivity index (χ1) is 16.9. The van der Waals surface area contributed by atoms with Gasteiger partial charge in [-0.25, -0.2) is 8.42 Å². The van der Waals surface area contributed by atoms with Crippen LogP contribution in [-0.4, -0.2) is 44.4 Å². The van der Waals surface area contributed by atoms with Gasteiger partial charge >= 0.3 is 5.97 Å². The highest BCUT2D eigenvalue weighted by Crippen LogP contribution is 2.36. The van der Waals surface area contributed by atoms with Crippen LogP contribution in [0.15, 0.2) is 84.0 Å². The molecule has 0 saturated heterocycles. The van der Waals surface area contributed by atoms with Gasteiger partial charge in [-0.15, -0.1) is 0 Å². The van der Waals surface area contributed by atoms with E-state index in [4.69, 9.17) is 14.2 Å². The maximum Gasteiger partial charge on any atom is 0.328 e. The maximum absolute atomic E-state index is 14.1. The number of aromatic nitrogens is 1. The van der Waals surface area contributed by atoms with E-state index in [2.05, 4.69) is 4.98 Å². The summed E-state index contributed by atoms with van der Waals surface area (Å²) in [6.07, 6.45) is 4.23. The van der Waals surface area contributed by atoms with Crippen LogP contribution in [0.4, 0.5) is 0 Å². The van der Waals surface area contributed by atoms with Gasteiger partial charge in [0, 0.05) is 18.8 Å². The third-order valence-corrected chi connectivity index (χ3v) is 8.17. The van der Waals surface area contributed by atoms with E-state index in [9.17, 15) is 13.2 Å². The molecule has 0 saturated carbocycles. The largest absolute Gasteiger partial charge is 0.497 e. The first-order valence-electron chi connectivity index (χ1n) is 11.6. The number of unbranched alkanes of at least 4 members (excludes halogenated alkanes) is 1. The van der Waals surface area contributed by atoms with E-state index in [1.807, 2.05) is 30.3 Å². The zero-order valence-corrected chi connectivity index (χ0v) is 20.9. The van der Waals surface area contributed by atoms with Crippen molar-refractivity contribution in [3.8, 4) is 11.5 Å². The van der Waals surface area contributed by atoms with Gasteiger partial charge in [-0.2, -0.15) is 0 Å². The van der Waals surface area contributed by atoms with Crippen LogP contribution >= 0.6 is 0 Å². The van der Waals surface area contributed by atoms with Crippen molar-refractivity contribution in [3.63, 3.8) is 0 Å². The molecule has 1 unspecified atom stereocenters. The van der Waals surface area contributed by atoms with E-state index in [-0.39, 0.29) is 24.3 Å². The smallest absolute Gasteiger partial charge is 0.328 e. The number of nitrogens with zero attached hydrogens (tertiary/aromatic N) is 1. The molecule has 186 valence electrons. The number of benzene rings is 2. The highest BCUT2D eigenvalue weighted by Gasteiger charge is 2.52. The number of para-hydroxylation sites is 1. The molecule has 0 bridgehead atoms. The summed E-state index contributed by atoms with van der Waals surface area (Å²) < 4.78 is 42.6. The highest BCUT2D eigenvalue weighted by molar-refractivity contribution is 7.93. The zero-order chi connectivity index (χ0) is 25.2. The first-order valence-corrected chi connectivity index (χ1v) is 13.0. The molecule has 0 N–H and O–H groups in total. The Hall–Kier alpha value is -3.39. The minimum atomic E-state index is -4.15. The van der Waals surface area contributed by atoms with E-state index >= 15 is 0 Å². The third kappa shape index (κ3) is 6.39. The van der Waals surface area contributed by atoms with Gasteiger partial charge in [-0.1, -0.05) is 24.3 Å². The number of ether oxygens (including phenoxy) is 3. The quantitative estimate of drug-likeness (QED) is 0.251. The van der Waals surface area contributed by atoms with Gasteiger partial charge in [0.05, 0.1) is 25.2 Å². The van der Waals surface area contributed by atoms with Crippen molar-refractivity contribution in [1.29, 1.82) is 0 Å². The lowest BCUT2D eigenvalue weighted by molar-refractivity contribution is -0.146. The monoisotopic (exact) mass is 497 g/mol. The van der Waals surface area contributed by atoms with Crippen LogP contribution in [0, 0.1) is 0 Å². The van der Waals surface area contributed by atoms with Gasteiger partial charge in [0.15, 0.2) is 14.6 Å². The van der Waals surface area contributed by atoms with Gasteiger partial charge in [0.2, 0.25) is 0 Å². The Morgan fingerprint density at radius 3 is 2.31 bits per heavy atom. The van der Waals surface area contributed by atoms with Crippen LogP contribution in [0.25, 0.3) is 0 Å². The van der Waals surface area contributed by atoms with E-state index in [1.54, 1.807) is 43.6 Å². The minimum Gasteiger partial charge on any atom is -0.497 e. The van der Waals surface area contributed by atoms with Gasteiger partial charge in [-0.05, 0) is 74.2 Å². The number of esters is 1. The fourth-order valence-electron chi connectivity index (χ4n) is 3.90. The maximum atomic E-state index is 14.1. The molecule has 3 rings (SSSR count). The topological polar surface area (TPSA) is 91.8 Å². The second-order valence-electron chi connectivity index (χ2n) is 8.05. The van der Waals surface area contributed by atoms with Crippen molar-refractivity contribution in [2.75, 3.05) is 20.3 Å². The van der Waals surface area contributed by atoms with Crippen molar-refractivity contribution in [3.05, 3.63) is 84.7 Å². The van der Waals surface area contributed by atoms with Crippen LogP contribution in [-0.2, 0) is 25.8 Å². The summed E-state index contributed by atoms with van der Waals surface area (Å²) in [6, 6.07) is 19.0. The minimum absolute atomic E-state index is 0.0378. The second-order valence-corrected chi connectivity index (χ2v) is 10.3. The number of hydrogen-bond acceptors (Lipinski definition) is 7. The molecule has 35 heavy (non-hydrogen) atoms. The van der Waals surface area contributed by atoms with Crippen LogP contribution in [0.5, 0.6) is 11.5 Å². The highest BCUT2D eigenvalue weighted by atomic mass is 32.2. The summed E-state index contributed by atoms with van der Waals surface area (Å²) >= 11 is 0. The third-order valence-electron chi connectivity index (χ3n) is 5.73. The zero-order valence-electron chi connectivity index (χ0n) is 20.1. The van der Waals surface area contributed by atoms with Crippen molar-refractivity contribution >= 4 is 15.8 Å². The molecule has 3 aromatic rings. The molecule has 1 atom stereocenters. The molecule has 0 amide bonds. The van der Waals surface area contributed by atoms with Crippen LogP contribution in [0.1, 0.15) is 31.7 Å². The number of hydrogen-bond donors (Lipinski definition) is 0. The average molecular weight is 498 g/mol. The summed E-state index contributed by atoms with van der Waals surface area (Å²) in [6.45, 7) is 2.14. The average Bonchev–Trinajstić information content (AvgIpc) is 2.89. The fourth-order valence-corrected chi connectivity index (χ4v) is 5.89. The Morgan fingerprint density at radius 2 is 1.69 bits per heavy atom. The number of carbonyl (C=O) groups is 1. The number of methoxy groups -OCH3 is 1.